The Morgan fingerprint density at radius 1 is 0.727 bits per heavy atom. The van der Waals surface area contributed by atoms with E-state index < -0.39 is 35.4 Å². The molecule has 0 unspecified atom stereocenters. The minimum atomic E-state index is -0.856. The summed E-state index contributed by atoms with van der Waals surface area (Å²) in [5.74, 6) is -1.53. The number of ketones is 1. The summed E-state index contributed by atoms with van der Waals surface area (Å²) in [4.78, 5) is 65.3. The number of carbonyl (C=O) groups is 5. The Hall–Kier alpha value is -4.09. The second kappa shape index (κ2) is 25.9. The fourth-order valence-corrected chi connectivity index (χ4v) is 6.13. The fourth-order valence-electron chi connectivity index (χ4n) is 6.13. The van der Waals surface area contributed by atoms with Gasteiger partial charge in [-0.25, -0.2) is 0 Å². The number of rotatable bonds is 19. The number of amides is 4. The van der Waals surface area contributed by atoms with E-state index in [-0.39, 0.29) is 36.6 Å². The molecular weight excluding hydrogens is 695 g/mol. The van der Waals surface area contributed by atoms with Crippen molar-refractivity contribution in [3.05, 3.63) is 71.8 Å². The number of piperidine rings is 1. The topological polar surface area (TPSA) is 149 Å². The number of nitrogens with zero attached hydrogens (tertiary/aromatic N) is 1. The highest BCUT2D eigenvalue weighted by molar-refractivity contribution is 5.97. The predicted octanol–water partition coefficient (Wildman–Crippen LogP) is 5.54. The number of ether oxygens (including phenoxy) is 1. The lowest BCUT2D eigenvalue weighted by Gasteiger charge is -2.26. The van der Waals surface area contributed by atoms with Crippen LogP contribution in [0.2, 0.25) is 0 Å². The van der Waals surface area contributed by atoms with E-state index in [1.807, 2.05) is 52.0 Å². The van der Waals surface area contributed by atoms with Crippen molar-refractivity contribution < 1.29 is 28.7 Å². The number of carbonyl (C=O) groups excluding carboxylic acids is 5. The summed E-state index contributed by atoms with van der Waals surface area (Å²) >= 11 is 0. The number of epoxide rings is 1. The van der Waals surface area contributed by atoms with E-state index in [0.29, 0.717) is 25.9 Å². The maximum atomic E-state index is 12.8. The van der Waals surface area contributed by atoms with Crippen molar-refractivity contribution in [3.8, 4) is 0 Å². The molecule has 2 saturated heterocycles. The van der Waals surface area contributed by atoms with Crippen LogP contribution in [0, 0.1) is 18.8 Å². The molecule has 11 heteroatoms. The molecule has 0 aliphatic carbocycles. The van der Waals surface area contributed by atoms with Crippen LogP contribution in [0.1, 0.15) is 104 Å². The van der Waals surface area contributed by atoms with Crippen LogP contribution >= 0.6 is 0 Å². The van der Waals surface area contributed by atoms with Crippen LogP contribution in [-0.4, -0.2) is 91.3 Å². The minimum Gasteiger partial charge on any atom is -0.361 e. The molecule has 4 N–H and O–H groups in total. The molecule has 4 amide bonds. The molecule has 3 atom stereocenters. The maximum absolute atomic E-state index is 12.8. The SMILES string of the molecule is CC(C)C[C@H](NC(=O)CNC(=O)CCCCN1CCCCC1)C(=O)NCC(=O)N[C@@H](CC(C)C)C(=O)[C@@]1(C)CO1.CCc1ccccc1.Cc1ccccc1. The van der Waals surface area contributed by atoms with Crippen LogP contribution in [-0.2, 0) is 35.1 Å². The molecule has 11 nitrogen and oxygen atoms in total. The number of likely N-dealkylation sites (tertiary alicyclic amines) is 1. The zero-order valence-corrected chi connectivity index (χ0v) is 34.6. The first kappa shape index (κ1) is 47.1. The van der Waals surface area contributed by atoms with Gasteiger partial charge in [-0.3, -0.25) is 24.0 Å². The molecule has 0 saturated carbocycles. The second-order valence-electron chi connectivity index (χ2n) is 15.7. The lowest BCUT2D eigenvalue weighted by atomic mass is 9.93. The Bertz CT molecular complexity index is 1420. The standard InChI is InChI=1S/C29H51N5O6.C8H10.C7H8/c1-20(2)15-22(27(38)29(5)19-40-29)32-26(37)18-31-28(39)23(16-21(3)4)33-25(36)17-30-24(35)11-7-10-14-34-12-8-6-9-13-34;1-2-8-6-4-3-5-7-8;1-7-5-3-2-4-6-7/h20-23H,6-19H2,1-5H3,(H,30,35)(H,31,39)(H,32,37)(H,33,36);3-7H,2H2,1H3;2-6H,1H3/t22-,23-,29+;;/m0../s1. The monoisotopic (exact) mass is 764 g/mol. The van der Waals surface area contributed by atoms with Crippen LogP contribution < -0.4 is 21.3 Å². The fraction of sp³-hybridized carbons (Fsp3) is 0.614. The summed E-state index contributed by atoms with van der Waals surface area (Å²) in [5.41, 5.74) is 1.88. The Labute approximate surface area is 330 Å². The molecule has 0 spiro atoms. The molecule has 2 fully saturated rings. The number of benzene rings is 2. The van der Waals surface area contributed by atoms with Crippen molar-refractivity contribution in [1.29, 1.82) is 0 Å². The largest absolute Gasteiger partial charge is 0.361 e. The molecule has 2 aromatic rings. The van der Waals surface area contributed by atoms with Crippen molar-refractivity contribution in [3.63, 3.8) is 0 Å². The lowest BCUT2D eigenvalue weighted by molar-refractivity contribution is -0.132. The van der Waals surface area contributed by atoms with Gasteiger partial charge in [0.25, 0.3) is 0 Å². The average Bonchev–Trinajstić information content (AvgIpc) is 3.93. The van der Waals surface area contributed by atoms with Gasteiger partial charge in [-0.05, 0) is 95.8 Å². The summed E-state index contributed by atoms with van der Waals surface area (Å²) in [5, 5.41) is 10.6. The van der Waals surface area contributed by atoms with Crippen LogP contribution in [0.5, 0.6) is 0 Å². The predicted molar refractivity (Wildman–Crippen MR) is 219 cm³/mol. The number of nitrogens with one attached hydrogen (secondary N) is 4. The maximum Gasteiger partial charge on any atom is 0.243 e. The summed E-state index contributed by atoms with van der Waals surface area (Å²) in [6, 6.07) is 19.2. The Morgan fingerprint density at radius 2 is 1.25 bits per heavy atom. The van der Waals surface area contributed by atoms with Gasteiger partial charge in [0.15, 0.2) is 5.78 Å². The summed E-state index contributed by atoms with van der Waals surface area (Å²) in [7, 11) is 0. The van der Waals surface area contributed by atoms with Crippen LogP contribution in [0.4, 0.5) is 0 Å². The quantitative estimate of drug-likeness (QED) is 0.109. The van der Waals surface area contributed by atoms with E-state index in [1.54, 1.807) is 6.92 Å². The van der Waals surface area contributed by atoms with E-state index >= 15 is 0 Å². The molecule has 55 heavy (non-hydrogen) atoms. The van der Waals surface area contributed by atoms with Crippen molar-refractivity contribution >= 4 is 29.4 Å². The van der Waals surface area contributed by atoms with Crippen LogP contribution in [0.3, 0.4) is 0 Å². The molecular formula is C44H69N5O6. The van der Waals surface area contributed by atoms with E-state index in [1.165, 1.54) is 30.4 Å². The van der Waals surface area contributed by atoms with E-state index in [4.69, 9.17) is 4.74 Å². The number of unbranched alkanes of at least 4 members (excludes halogenated alkanes) is 1. The molecule has 2 aliphatic heterocycles. The summed E-state index contributed by atoms with van der Waals surface area (Å²) in [6.45, 7) is 16.8. The second-order valence-corrected chi connectivity index (χ2v) is 15.7. The van der Waals surface area contributed by atoms with Gasteiger partial charge in [0.1, 0.15) is 11.6 Å². The molecule has 306 valence electrons. The van der Waals surface area contributed by atoms with E-state index in [9.17, 15) is 24.0 Å². The summed E-state index contributed by atoms with van der Waals surface area (Å²) < 4.78 is 5.25. The molecule has 2 heterocycles. The number of hydrogen-bond acceptors (Lipinski definition) is 7. The first-order valence-electron chi connectivity index (χ1n) is 20.3. The third-order valence-electron chi connectivity index (χ3n) is 9.45. The molecule has 0 aromatic heterocycles. The highest BCUT2D eigenvalue weighted by Gasteiger charge is 2.50. The van der Waals surface area contributed by atoms with Gasteiger partial charge in [-0.15, -0.1) is 0 Å². The lowest BCUT2D eigenvalue weighted by Crippen LogP contribution is -2.53. The van der Waals surface area contributed by atoms with Crippen molar-refractivity contribution in [2.45, 2.75) is 124 Å². The van der Waals surface area contributed by atoms with Gasteiger partial charge in [0, 0.05) is 6.42 Å². The van der Waals surface area contributed by atoms with Gasteiger partial charge < -0.3 is 30.9 Å². The highest BCUT2D eigenvalue weighted by Crippen LogP contribution is 2.29. The highest BCUT2D eigenvalue weighted by atomic mass is 16.6. The number of Topliss-reactive ketones (excluding diaryl/α,β-unsaturated/α-hetero) is 1. The van der Waals surface area contributed by atoms with Gasteiger partial charge >= 0.3 is 0 Å². The number of hydrogen-bond donors (Lipinski definition) is 4. The third kappa shape index (κ3) is 21.0. The zero-order chi connectivity index (χ0) is 40.6. The molecule has 2 aliphatic rings. The van der Waals surface area contributed by atoms with Gasteiger partial charge in [0.2, 0.25) is 23.6 Å². The van der Waals surface area contributed by atoms with Gasteiger partial charge in [-0.2, -0.15) is 0 Å². The minimum absolute atomic E-state index is 0.103. The number of aryl methyl sites for hydroxylation is 2. The molecule has 4 rings (SSSR count). The van der Waals surface area contributed by atoms with Crippen molar-refractivity contribution in [2.75, 3.05) is 39.3 Å². The smallest absolute Gasteiger partial charge is 0.243 e. The molecule has 2 aromatic carbocycles. The van der Waals surface area contributed by atoms with Gasteiger partial charge in [-0.1, -0.05) is 107 Å². The molecule has 0 bridgehead atoms. The van der Waals surface area contributed by atoms with E-state index in [2.05, 4.69) is 76.4 Å². The van der Waals surface area contributed by atoms with Crippen LogP contribution in [0.15, 0.2) is 60.7 Å². The van der Waals surface area contributed by atoms with Crippen molar-refractivity contribution in [1.82, 2.24) is 26.2 Å². The Morgan fingerprint density at radius 3 is 1.75 bits per heavy atom. The van der Waals surface area contributed by atoms with Crippen LogP contribution in [0.25, 0.3) is 0 Å². The zero-order valence-electron chi connectivity index (χ0n) is 34.6. The first-order valence-corrected chi connectivity index (χ1v) is 20.3. The first-order chi connectivity index (χ1) is 26.2. The molecule has 0 radical (unpaired) electrons. The Kier molecular flexibility index (Phi) is 22.2. The average molecular weight is 764 g/mol. The third-order valence-corrected chi connectivity index (χ3v) is 9.45. The van der Waals surface area contributed by atoms with Gasteiger partial charge in [0.05, 0.1) is 25.7 Å². The normalized spacial score (nSPS) is 17.3. The summed E-state index contributed by atoms with van der Waals surface area (Å²) in [6.07, 6.45) is 7.83. The van der Waals surface area contributed by atoms with E-state index in [0.717, 1.165) is 38.9 Å². The Balaban J connectivity index is 0.000000569. The van der Waals surface area contributed by atoms with Crippen molar-refractivity contribution in [2.24, 2.45) is 11.8 Å².